The summed E-state index contributed by atoms with van der Waals surface area (Å²) in [4.78, 5) is 53.5. The average molecular weight is 466 g/mol. The molecule has 1 aliphatic rings. The second-order valence-electron chi connectivity index (χ2n) is 7.66. The molecule has 170 valence electrons. The summed E-state index contributed by atoms with van der Waals surface area (Å²) in [6.45, 7) is 0.295. The van der Waals surface area contributed by atoms with E-state index in [4.69, 9.17) is 0 Å². The number of anilines is 1. The van der Waals surface area contributed by atoms with E-state index in [1.54, 1.807) is 24.3 Å². The molecule has 1 aromatic carbocycles. The van der Waals surface area contributed by atoms with E-state index in [9.17, 15) is 19.2 Å². The molecule has 10 heteroatoms. The normalized spacial score (nSPS) is 12.7. The Morgan fingerprint density at radius 3 is 2.48 bits per heavy atom. The predicted octanol–water partition coefficient (Wildman–Crippen LogP) is 1.87. The first-order valence-electron chi connectivity index (χ1n) is 10.6. The fraction of sp³-hybridized carbons (Fsp3) is 0.261. The lowest BCUT2D eigenvalue weighted by Gasteiger charge is -2.09. The van der Waals surface area contributed by atoms with Gasteiger partial charge < -0.3 is 16.0 Å². The van der Waals surface area contributed by atoms with Gasteiger partial charge in [0.1, 0.15) is 6.54 Å². The van der Waals surface area contributed by atoms with Gasteiger partial charge in [-0.25, -0.2) is 4.98 Å². The van der Waals surface area contributed by atoms with E-state index in [0.717, 1.165) is 17.7 Å². The third-order valence-corrected chi connectivity index (χ3v) is 5.95. The number of benzene rings is 1. The van der Waals surface area contributed by atoms with Crippen molar-refractivity contribution >= 4 is 34.7 Å². The second-order valence-corrected chi connectivity index (χ2v) is 8.61. The zero-order chi connectivity index (χ0) is 23.2. The van der Waals surface area contributed by atoms with Crippen molar-refractivity contribution in [2.45, 2.75) is 19.4 Å². The Kier molecular flexibility index (Phi) is 6.94. The predicted molar refractivity (Wildman–Crippen MR) is 125 cm³/mol. The van der Waals surface area contributed by atoms with Gasteiger partial charge in [-0.05, 0) is 48.6 Å². The maximum absolute atomic E-state index is 12.2. The molecule has 4 rings (SSSR count). The SMILES string of the molecule is O=C(Cn1cnc(-c2cccs2)cc1=O)NCCNC(=O)c1ccc(NC(=O)C2CC2)cc1. The van der Waals surface area contributed by atoms with Crippen molar-refractivity contribution in [3.63, 3.8) is 0 Å². The molecule has 1 saturated carbocycles. The lowest BCUT2D eigenvalue weighted by atomic mass is 10.2. The van der Waals surface area contributed by atoms with Crippen molar-refractivity contribution in [2.24, 2.45) is 5.92 Å². The van der Waals surface area contributed by atoms with Crippen molar-refractivity contribution in [1.29, 1.82) is 0 Å². The number of hydrogen-bond acceptors (Lipinski definition) is 6. The third kappa shape index (κ3) is 6.13. The maximum atomic E-state index is 12.2. The van der Waals surface area contributed by atoms with Crippen LogP contribution in [0.2, 0.25) is 0 Å². The maximum Gasteiger partial charge on any atom is 0.254 e. The van der Waals surface area contributed by atoms with Crippen molar-refractivity contribution in [3.8, 4) is 10.6 Å². The van der Waals surface area contributed by atoms with Crippen molar-refractivity contribution in [2.75, 3.05) is 18.4 Å². The highest BCUT2D eigenvalue weighted by atomic mass is 32.1. The van der Waals surface area contributed by atoms with Crippen LogP contribution in [0.25, 0.3) is 10.6 Å². The first-order chi connectivity index (χ1) is 16.0. The largest absolute Gasteiger partial charge is 0.353 e. The van der Waals surface area contributed by atoms with Gasteiger partial charge in [0.05, 0.1) is 16.9 Å². The Morgan fingerprint density at radius 1 is 1.06 bits per heavy atom. The van der Waals surface area contributed by atoms with Crippen LogP contribution < -0.4 is 21.5 Å². The lowest BCUT2D eigenvalue weighted by molar-refractivity contribution is -0.121. The van der Waals surface area contributed by atoms with Crippen LogP contribution in [-0.4, -0.2) is 40.4 Å². The van der Waals surface area contributed by atoms with Crippen LogP contribution in [0.1, 0.15) is 23.2 Å². The fourth-order valence-corrected chi connectivity index (χ4v) is 3.78. The third-order valence-electron chi connectivity index (χ3n) is 5.06. The van der Waals surface area contributed by atoms with E-state index in [1.807, 2.05) is 17.5 Å². The van der Waals surface area contributed by atoms with Crippen LogP contribution in [0.15, 0.2) is 59.0 Å². The summed E-state index contributed by atoms with van der Waals surface area (Å²) in [6, 6.07) is 11.8. The van der Waals surface area contributed by atoms with Crippen LogP contribution in [0.3, 0.4) is 0 Å². The minimum atomic E-state index is -0.354. The van der Waals surface area contributed by atoms with Gasteiger partial charge >= 0.3 is 0 Å². The molecule has 3 aromatic rings. The summed E-state index contributed by atoms with van der Waals surface area (Å²) in [5.41, 5.74) is 1.37. The summed E-state index contributed by atoms with van der Waals surface area (Å²) >= 11 is 1.48. The lowest BCUT2D eigenvalue weighted by Crippen LogP contribution is -2.37. The molecule has 0 unspecified atom stereocenters. The number of rotatable bonds is 9. The molecule has 9 nitrogen and oxygen atoms in total. The minimum Gasteiger partial charge on any atom is -0.353 e. The summed E-state index contributed by atoms with van der Waals surface area (Å²) < 4.78 is 1.23. The van der Waals surface area contributed by atoms with Crippen molar-refractivity contribution < 1.29 is 14.4 Å². The van der Waals surface area contributed by atoms with Crippen molar-refractivity contribution in [3.05, 3.63) is 70.1 Å². The van der Waals surface area contributed by atoms with E-state index in [2.05, 4.69) is 20.9 Å². The van der Waals surface area contributed by atoms with Gasteiger partial charge in [0.15, 0.2) is 0 Å². The number of aromatic nitrogens is 2. The zero-order valence-electron chi connectivity index (χ0n) is 17.7. The summed E-state index contributed by atoms with van der Waals surface area (Å²) in [5, 5.41) is 10.1. The van der Waals surface area contributed by atoms with Crippen LogP contribution in [-0.2, 0) is 16.1 Å². The number of amides is 3. The molecule has 1 aliphatic carbocycles. The van der Waals surface area contributed by atoms with E-state index in [-0.39, 0.29) is 48.8 Å². The number of thiophene rings is 1. The minimum absolute atomic E-state index is 0.0134. The molecule has 1 fully saturated rings. The van der Waals surface area contributed by atoms with Gasteiger partial charge in [-0.3, -0.25) is 23.7 Å². The summed E-state index contributed by atoms with van der Waals surface area (Å²) in [6.07, 6.45) is 3.21. The molecule has 3 amide bonds. The highest BCUT2D eigenvalue weighted by Crippen LogP contribution is 2.30. The highest BCUT2D eigenvalue weighted by Gasteiger charge is 2.29. The summed E-state index contributed by atoms with van der Waals surface area (Å²) in [5.74, 6) is -0.509. The first-order valence-corrected chi connectivity index (χ1v) is 11.4. The van der Waals surface area contributed by atoms with Crippen molar-refractivity contribution in [1.82, 2.24) is 20.2 Å². The number of hydrogen-bond donors (Lipinski definition) is 3. The first kappa shape index (κ1) is 22.4. The Hall–Kier alpha value is -3.79. The molecule has 0 saturated heterocycles. The Balaban J connectivity index is 1.19. The van der Waals surface area contributed by atoms with Crippen LogP contribution in [0.5, 0.6) is 0 Å². The van der Waals surface area contributed by atoms with Gasteiger partial charge in [0.2, 0.25) is 11.8 Å². The van der Waals surface area contributed by atoms with E-state index < -0.39 is 0 Å². The summed E-state index contributed by atoms with van der Waals surface area (Å²) in [7, 11) is 0. The molecule has 0 atom stereocenters. The Labute approximate surface area is 193 Å². The molecule has 33 heavy (non-hydrogen) atoms. The average Bonchev–Trinajstić information content (AvgIpc) is 3.53. The molecular formula is C23H23N5O4S. The molecule has 0 spiro atoms. The molecule has 0 radical (unpaired) electrons. The van der Waals surface area contributed by atoms with Crippen LogP contribution in [0.4, 0.5) is 5.69 Å². The molecule has 3 N–H and O–H groups in total. The number of nitrogens with one attached hydrogen (secondary N) is 3. The fourth-order valence-electron chi connectivity index (χ4n) is 3.09. The number of carbonyl (C=O) groups excluding carboxylic acids is 3. The smallest absolute Gasteiger partial charge is 0.254 e. The highest BCUT2D eigenvalue weighted by molar-refractivity contribution is 7.13. The van der Waals surface area contributed by atoms with Crippen LogP contribution >= 0.6 is 11.3 Å². The Bertz CT molecular complexity index is 1200. The van der Waals surface area contributed by atoms with Crippen LogP contribution in [0, 0.1) is 5.92 Å². The topological polar surface area (TPSA) is 122 Å². The Morgan fingerprint density at radius 2 is 1.82 bits per heavy atom. The second kappa shape index (κ2) is 10.2. The molecule has 2 aromatic heterocycles. The van der Waals surface area contributed by atoms with E-state index in [1.165, 1.54) is 28.3 Å². The van der Waals surface area contributed by atoms with E-state index in [0.29, 0.717) is 16.9 Å². The quantitative estimate of drug-likeness (QED) is 0.417. The van der Waals surface area contributed by atoms with Gasteiger partial charge in [-0.2, -0.15) is 0 Å². The molecule has 0 bridgehead atoms. The molecule has 2 heterocycles. The van der Waals surface area contributed by atoms with Gasteiger partial charge in [-0.1, -0.05) is 6.07 Å². The molecule has 0 aliphatic heterocycles. The molecular weight excluding hydrogens is 442 g/mol. The van der Waals surface area contributed by atoms with Gasteiger partial charge in [0, 0.05) is 36.3 Å². The van der Waals surface area contributed by atoms with E-state index >= 15 is 0 Å². The van der Waals surface area contributed by atoms with Gasteiger partial charge in [-0.15, -0.1) is 11.3 Å². The number of nitrogens with zero attached hydrogens (tertiary/aromatic N) is 2. The van der Waals surface area contributed by atoms with Gasteiger partial charge in [0.25, 0.3) is 11.5 Å². The monoisotopic (exact) mass is 465 g/mol. The standard InChI is InChI=1S/C23H23N5O4S/c29-20(13-28-14-26-18(12-21(28)30)19-2-1-11-33-19)24-9-10-25-22(31)15-5-7-17(8-6-15)27-23(32)16-3-4-16/h1-2,5-8,11-12,14,16H,3-4,9-10,13H2,(H,24,29)(H,25,31)(H,27,32). The number of carbonyl (C=O) groups is 3. The zero-order valence-corrected chi connectivity index (χ0v) is 18.6.